The molecule has 82 valence electrons. The number of aryl methyl sites for hydroxylation is 1. The van der Waals surface area contributed by atoms with Gasteiger partial charge < -0.3 is 11.1 Å². The van der Waals surface area contributed by atoms with E-state index in [9.17, 15) is 4.79 Å². The van der Waals surface area contributed by atoms with E-state index < -0.39 is 0 Å². The molecule has 0 spiro atoms. The zero-order chi connectivity index (χ0) is 11.1. The zero-order valence-electron chi connectivity index (χ0n) is 8.82. The highest BCUT2D eigenvalue weighted by Gasteiger charge is 1.96. The van der Waals surface area contributed by atoms with Crippen LogP contribution in [0.2, 0.25) is 0 Å². The number of nitrogens with two attached hydrogens (primary N) is 1. The summed E-state index contributed by atoms with van der Waals surface area (Å²) in [5.41, 5.74) is 6.42. The minimum atomic E-state index is -0.0977. The fraction of sp³-hybridized carbons (Fsp3) is 0.364. The monoisotopic (exact) mass is 224 g/mol. The van der Waals surface area contributed by atoms with E-state index in [-0.39, 0.29) is 12.5 Å². The average molecular weight is 224 g/mol. The highest BCUT2D eigenvalue weighted by molar-refractivity contribution is 7.99. The molecule has 1 aromatic rings. The first kappa shape index (κ1) is 12.1. The Morgan fingerprint density at radius 2 is 2.07 bits per heavy atom. The molecule has 4 heteroatoms. The van der Waals surface area contributed by atoms with Gasteiger partial charge in [0.2, 0.25) is 5.91 Å². The van der Waals surface area contributed by atoms with E-state index in [1.165, 1.54) is 10.5 Å². The summed E-state index contributed by atoms with van der Waals surface area (Å²) in [4.78, 5) is 12.0. The molecule has 3 N–H and O–H groups in total. The molecule has 0 radical (unpaired) electrons. The van der Waals surface area contributed by atoms with Gasteiger partial charge in [0.25, 0.3) is 0 Å². The third-order valence-electron chi connectivity index (χ3n) is 1.90. The summed E-state index contributed by atoms with van der Waals surface area (Å²) >= 11 is 1.73. The van der Waals surface area contributed by atoms with Gasteiger partial charge in [0.15, 0.2) is 0 Å². The quantitative estimate of drug-likeness (QED) is 0.583. The maximum atomic E-state index is 10.8. The Hall–Kier alpha value is -1.00. The van der Waals surface area contributed by atoms with Crippen LogP contribution in [0.25, 0.3) is 0 Å². The van der Waals surface area contributed by atoms with Crippen LogP contribution in [0.15, 0.2) is 29.2 Å². The van der Waals surface area contributed by atoms with Crippen LogP contribution in [0, 0.1) is 6.92 Å². The summed E-state index contributed by atoms with van der Waals surface area (Å²) in [6.45, 7) is 2.79. The smallest absolute Gasteiger partial charge is 0.233 e. The first-order chi connectivity index (χ1) is 7.22. The van der Waals surface area contributed by atoms with Crippen LogP contribution in [-0.2, 0) is 4.79 Å². The molecule has 15 heavy (non-hydrogen) atoms. The first-order valence-electron chi connectivity index (χ1n) is 4.88. The van der Waals surface area contributed by atoms with E-state index in [0.717, 1.165) is 5.75 Å². The molecule has 1 rings (SSSR count). The van der Waals surface area contributed by atoms with Gasteiger partial charge in [0, 0.05) is 17.2 Å². The van der Waals surface area contributed by atoms with E-state index in [2.05, 4.69) is 36.5 Å². The Labute approximate surface area is 94.4 Å². The molecule has 0 aromatic heterocycles. The van der Waals surface area contributed by atoms with Crippen molar-refractivity contribution in [3.05, 3.63) is 29.8 Å². The summed E-state index contributed by atoms with van der Waals surface area (Å²) < 4.78 is 0. The van der Waals surface area contributed by atoms with E-state index in [1.54, 1.807) is 11.8 Å². The predicted octanol–water partition coefficient (Wildman–Crippen LogP) is 1.16. The van der Waals surface area contributed by atoms with E-state index in [4.69, 9.17) is 5.73 Å². The number of carbonyl (C=O) groups excluding carboxylic acids is 1. The third-order valence-corrected chi connectivity index (χ3v) is 2.91. The lowest BCUT2D eigenvalue weighted by atomic mass is 10.2. The van der Waals surface area contributed by atoms with Gasteiger partial charge in [0.05, 0.1) is 6.54 Å². The topological polar surface area (TPSA) is 55.1 Å². The van der Waals surface area contributed by atoms with E-state index in [0.29, 0.717) is 6.54 Å². The van der Waals surface area contributed by atoms with Crippen molar-refractivity contribution in [1.82, 2.24) is 5.32 Å². The Morgan fingerprint density at radius 1 is 1.40 bits per heavy atom. The van der Waals surface area contributed by atoms with Crippen molar-refractivity contribution in [1.29, 1.82) is 0 Å². The normalized spacial score (nSPS) is 10.0. The van der Waals surface area contributed by atoms with Crippen molar-refractivity contribution in [3.8, 4) is 0 Å². The average Bonchev–Trinajstić information content (AvgIpc) is 2.26. The molecule has 0 saturated carbocycles. The van der Waals surface area contributed by atoms with Crippen LogP contribution < -0.4 is 11.1 Å². The van der Waals surface area contributed by atoms with Crippen LogP contribution >= 0.6 is 11.8 Å². The third kappa shape index (κ3) is 4.85. The van der Waals surface area contributed by atoms with Gasteiger partial charge in [-0.05, 0) is 19.1 Å². The number of benzene rings is 1. The Balaban J connectivity index is 2.20. The molecule has 0 unspecified atom stereocenters. The highest BCUT2D eigenvalue weighted by atomic mass is 32.2. The molecule has 0 bridgehead atoms. The van der Waals surface area contributed by atoms with Crippen LogP contribution in [0.4, 0.5) is 0 Å². The van der Waals surface area contributed by atoms with E-state index >= 15 is 0 Å². The van der Waals surface area contributed by atoms with Crippen LogP contribution in [-0.4, -0.2) is 24.7 Å². The number of hydrogen-bond acceptors (Lipinski definition) is 3. The predicted molar refractivity (Wildman–Crippen MR) is 64.0 cm³/mol. The summed E-state index contributed by atoms with van der Waals surface area (Å²) in [5, 5.41) is 2.73. The molecule has 0 aliphatic heterocycles. The maximum Gasteiger partial charge on any atom is 0.233 e. The van der Waals surface area contributed by atoms with Gasteiger partial charge in [-0.2, -0.15) is 0 Å². The van der Waals surface area contributed by atoms with Crippen LogP contribution in [0.1, 0.15) is 5.56 Å². The molecule has 3 nitrogen and oxygen atoms in total. The molecule has 1 amide bonds. The fourth-order valence-electron chi connectivity index (χ4n) is 1.07. The second kappa shape index (κ2) is 6.48. The van der Waals surface area contributed by atoms with Crippen LogP contribution in [0.3, 0.4) is 0 Å². The molecular weight excluding hydrogens is 208 g/mol. The lowest BCUT2D eigenvalue weighted by Crippen LogP contribution is -2.31. The van der Waals surface area contributed by atoms with E-state index in [1.807, 2.05) is 0 Å². The second-order valence-corrected chi connectivity index (χ2v) is 4.38. The first-order valence-corrected chi connectivity index (χ1v) is 5.87. The van der Waals surface area contributed by atoms with Gasteiger partial charge in [-0.25, -0.2) is 0 Å². The Morgan fingerprint density at radius 3 is 2.67 bits per heavy atom. The molecule has 1 aromatic carbocycles. The standard InChI is InChI=1S/C11H16N2OS/c1-9-2-4-10(5-3-9)15-7-6-13-11(14)8-12/h2-5H,6-8,12H2,1H3,(H,13,14). The lowest BCUT2D eigenvalue weighted by molar-refractivity contribution is -0.119. The summed E-state index contributed by atoms with van der Waals surface area (Å²) in [6, 6.07) is 8.34. The van der Waals surface area contributed by atoms with Gasteiger partial charge in [-0.1, -0.05) is 17.7 Å². The van der Waals surface area contributed by atoms with Crippen molar-refractivity contribution in [2.45, 2.75) is 11.8 Å². The van der Waals surface area contributed by atoms with Crippen molar-refractivity contribution in [2.24, 2.45) is 5.73 Å². The fourth-order valence-corrected chi connectivity index (χ4v) is 1.83. The van der Waals surface area contributed by atoms with Gasteiger partial charge >= 0.3 is 0 Å². The molecule has 0 aliphatic carbocycles. The van der Waals surface area contributed by atoms with Crippen molar-refractivity contribution >= 4 is 17.7 Å². The van der Waals surface area contributed by atoms with Crippen molar-refractivity contribution in [2.75, 3.05) is 18.8 Å². The molecule has 0 fully saturated rings. The number of hydrogen-bond donors (Lipinski definition) is 2. The summed E-state index contributed by atoms with van der Waals surface area (Å²) in [5.74, 6) is 0.772. The summed E-state index contributed by atoms with van der Waals surface area (Å²) in [6.07, 6.45) is 0. The zero-order valence-corrected chi connectivity index (χ0v) is 9.64. The maximum absolute atomic E-state index is 10.8. The Bertz CT molecular complexity index is 311. The molecular formula is C11H16N2OS. The molecule has 0 saturated heterocycles. The van der Waals surface area contributed by atoms with Crippen molar-refractivity contribution < 1.29 is 4.79 Å². The minimum Gasteiger partial charge on any atom is -0.354 e. The highest BCUT2D eigenvalue weighted by Crippen LogP contribution is 2.17. The number of nitrogens with one attached hydrogen (secondary N) is 1. The summed E-state index contributed by atoms with van der Waals surface area (Å²) in [7, 11) is 0. The molecule has 0 atom stereocenters. The Kier molecular flexibility index (Phi) is 5.21. The number of amides is 1. The second-order valence-electron chi connectivity index (χ2n) is 3.22. The lowest BCUT2D eigenvalue weighted by Gasteiger charge is -2.03. The number of thioether (sulfide) groups is 1. The van der Waals surface area contributed by atoms with Crippen molar-refractivity contribution in [3.63, 3.8) is 0 Å². The molecule has 0 aliphatic rings. The van der Waals surface area contributed by atoms with Gasteiger partial charge in [-0.3, -0.25) is 4.79 Å². The number of carbonyl (C=O) groups is 1. The SMILES string of the molecule is Cc1ccc(SCCNC(=O)CN)cc1. The largest absolute Gasteiger partial charge is 0.354 e. The number of rotatable bonds is 5. The van der Waals surface area contributed by atoms with Gasteiger partial charge in [0.1, 0.15) is 0 Å². The van der Waals surface area contributed by atoms with Gasteiger partial charge in [-0.15, -0.1) is 11.8 Å². The minimum absolute atomic E-state index is 0.0647. The van der Waals surface area contributed by atoms with Crippen LogP contribution in [0.5, 0.6) is 0 Å². The molecule has 0 heterocycles.